The Morgan fingerprint density at radius 1 is 0.963 bits per heavy atom. The molecule has 27 heavy (non-hydrogen) atoms. The lowest BCUT2D eigenvalue weighted by Gasteiger charge is -2.09. The molecule has 2 N–H and O–H groups in total. The minimum atomic E-state index is -4.43. The molecule has 1 amide bonds. The number of anilines is 3. The zero-order valence-corrected chi connectivity index (χ0v) is 14.3. The van der Waals surface area contributed by atoms with Gasteiger partial charge in [0.1, 0.15) is 17.8 Å². The van der Waals surface area contributed by atoms with Gasteiger partial charge >= 0.3 is 6.18 Å². The number of carbonyl (C=O) groups is 1. The Balaban J connectivity index is 1.72. The first-order valence-electron chi connectivity index (χ1n) is 7.64. The van der Waals surface area contributed by atoms with Crippen LogP contribution in [0.15, 0.2) is 60.9 Å². The third-order valence-corrected chi connectivity index (χ3v) is 3.70. The molecule has 0 radical (unpaired) electrons. The van der Waals surface area contributed by atoms with Gasteiger partial charge in [-0.25, -0.2) is 9.97 Å². The molecule has 0 aliphatic heterocycles. The molecule has 0 unspecified atom stereocenters. The Kier molecular flexibility index (Phi) is 5.27. The molecule has 1 heterocycles. The van der Waals surface area contributed by atoms with E-state index in [0.717, 1.165) is 12.1 Å². The van der Waals surface area contributed by atoms with Crippen LogP contribution in [0, 0.1) is 0 Å². The smallest absolute Gasteiger partial charge is 0.340 e. The van der Waals surface area contributed by atoms with Crippen LogP contribution in [-0.2, 0) is 6.18 Å². The number of amides is 1. The fraction of sp³-hybridized carbons (Fsp3) is 0.0556. The van der Waals surface area contributed by atoms with Crippen molar-refractivity contribution < 1.29 is 18.0 Å². The van der Waals surface area contributed by atoms with E-state index >= 15 is 0 Å². The van der Waals surface area contributed by atoms with Crippen molar-refractivity contribution in [3.8, 4) is 0 Å². The Hall–Kier alpha value is -3.13. The predicted molar refractivity (Wildman–Crippen MR) is 96.2 cm³/mol. The highest BCUT2D eigenvalue weighted by Crippen LogP contribution is 2.29. The Bertz CT molecular complexity index is 961. The van der Waals surface area contributed by atoms with Gasteiger partial charge in [0, 0.05) is 22.5 Å². The maximum absolute atomic E-state index is 12.6. The van der Waals surface area contributed by atoms with Crippen LogP contribution in [0.5, 0.6) is 0 Å². The second-order valence-corrected chi connectivity index (χ2v) is 5.89. The molecule has 0 spiro atoms. The van der Waals surface area contributed by atoms with Crippen molar-refractivity contribution in [1.82, 2.24) is 9.97 Å². The van der Waals surface area contributed by atoms with Gasteiger partial charge < -0.3 is 10.6 Å². The number of carbonyl (C=O) groups excluding carboxylic acids is 1. The van der Waals surface area contributed by atoms with E-state index in [1.165, 1.54) is 24.5 Å². The molecule has 0 saturated heterocycles. The molecule has 0 atom stereocenters. The van der Waals surface area contributed by atoms with E-state index in [9.17, 15) is 18.0 Å². The molecular formula is C18H12ClF3N4O. The highest BCUT2D eigenvalue weighted by atomic mass is 35.5. The topological polar surface area (TPSA) is 66.9 Å². The molecule has 0 fully saturated rings. The van der Waals surface area contributed by atoms with Crippen LogP contribution in [0.4, 0.5) is 30.4 Å². The fourth-order valence-corrected chi connectivity index (χ4v) is 2.39. The quantitative estimate of drug-likeness (QED) is 0.644. The van der Waals surface area contributed by atoms with E-state index in [1.54, 1.807) is 24.3 Å². The van der Waals surface area contributed by atoms with Crippen molar-refractivity contribution in [1.29, 1.82) is 0 Å². The summed E-state index contributed by atoms with van der Waals surface area (Å²) in [4.78, 5) is 20.2. The number of rotatable bonds is 4. The zero-order valence-electron chi connectivity index (χ0n) is 13.6. The van der Waals surface area contributed by atoms with Crippen molar-refractivity contribution in [2.45, 2.75) is 6.18 Å². The molecule has 3 rings (SSSR count). The summed E-state index contributed by atoms with van der Waals surface area (Å²) in [5, 5.41) is 6.02. The second kappa shape index (κ2) is 7.63. The molecule has 0 saturated carbocycles. The van der Waals surface area contributed by atoms with Crippen LogP contribution in [-0.4, -0.2) is 15.9 Å². The van der Waals surface area contributed by atoms with Crippen molar-refractivity contribution in [2.24, 2.45) is 0 Å². The van der Waals surface area contributed by atoms with Gasteiger partial charge in [-0.3, -0.25) is 4.79 Å². The first kappa shape index (κ1) is 18.7. The lowest BCUT2D eigenvalue weighted by molar-refractivity contribution is -0.137. The van der Waals surface area contributed by atoms with Crippen LogP contribution in [0.3, 0.4) is 0 Å². The molecule has 1 aromatic heterocycles. The van der Waals surface area contributed by atoms with Gasteiger partial charge in [-0.05, 0) is 42.5 Å². The van der Waals surface area contributed by atoms with Crippen LogP contribution >= 0.6 is 11.6 Å². The number of halogens is 4. The van der Waals surface area contributed by atoms with E-state index in [0.29, 0.717) is 16.5 Å². The van der Waals surface area contributed by atoms with Gasteiger partial charge in [0.05, 0.1) is 5.56 Å². The highest BCUT2D eigenvalue weighted by molar-refractivity contribution is 6.30. The third-order valence-electron chi connectivity index (χ3n) is 3.47. The standard InChI is InChI=1S/C18H12ClF3N4O/c19-12-2-1-3-14(8-12)25-16-9-15(23-10-24-16)17(27)26-13-6-4-11(5-7-13)18(20,21)22/h1-10H,(H,26,27)(H,23,24,25). The minimum absolute atomic E-state index is 0.0504. The largest absolute Gasteiger partial charge is 0.416 e. The molecule has 0 aliphatic carbocycles. The summed E-state index contributed by atoms with van der Waals surface area (Å²) < 4.78 is 37.7. The lowest BCUT2D eigenvalue weighted by atomic mass is 10.2. The van der Waals surface area contributed by atoms with Crippen molar-refractivity contribution >= 4 is 34.7 Å². The Morgan fingerprint density at radius 2 is 1.70 bits per heavy atom. The third kappa shape index (κ3) is 4.95. The van der Waals surface area contributed by atoms with Gasteiger partial charge in [0.2, 0.25) is 0 Å². The highest BCUT2D eigenvalue weighted by Gasteiger charge is 2.30. The summed E-state index contributed by atoms with van der Waals surface area (Å²) in [6.07, 6.45) is -3.23. The normalized spacial score (nSPS) is 11.1. The molecule has 5 nitrogen and oxygen atoms in total. The molecule has 3 aromatic rings. The molecule has 0 aliphatic rings. The average molecular weight is 393 g/mol. The van der Waals surface area contributed by atoms with E-state index in [-0.39, 0.29) is 11.4 Å². The minimum Gasteiger partial charge on any atom is -0.340 e. The van der Waals surface area contributed by atoms with Gasteiger partial charge in [-0.1, -0.05) is 17.7 Å². The summed E-state index contributed by atoms with van der Waals surface area (Å²) in [5.74, 6) is -0.212. The van der Waals surface area contributed by atoms with E-state index in [1.807, 2.05) is 0 Å². The molecule has 0 bridgehead atoms. The van der Waals surface area contributed by atoms with Gasteiger partial charge in [0.15, 0.2) is 0 Å². The SMILES string of the molecule is O=C(Nc1ccc(C(F)(F)F)cc1)c1cc(Nc2cccc(Cl)c2)ncn1. The summed E-state index contributed by atoms with van der Waals surface area (Å²) in [7, 11) is 0. The number of nitrogens with one attached hydrogen (secondary N) is 2. The lowest BCUT2D eigenvalue weighted by Crippen LogP contribution is -2.14. The summed E-state index contributed by atoms with van der Waals surface area (Å²) in [5.41, 5.74) is 0.149. The van der Waals surface area contributed by atoms with E-state index in [4.69, 9.17) is 11.6 Å². The molecule has 138 valence electrons. The predicted octanol–water partition coefficient (Wildman–Crippen LogP) is 5.14. The van der Waals surface area contributed by atoms with Crippen LogP contribution in [0.1, 0.15) is 16.1 Å². The number of aromatic nitrogens is 2. The summed E-state index contributed by atoms with van der Waals surface area (Å²) >= 11 is 5.92. The fourth-order valence-electron chi connectivity index (χ4n) is 2.20. The number of nitrogens with zero attached hydrogens (tertiary/aromatic N) is 2. The van der Waals surface area contributed by atoms with E-state index in [2.05, 4.69) is 20.6 Å². The van der Waals surface area contributed by atoms with Crippen molar-refractivity contribution in [3.05, 3.63) is 77.2 Å². The molecule has 2 aromatic carbocycles. The zero-order chi connectivity index (χ0) is 19.4. The Labute approximate surface area is 157 Å². The van der Waals surface area contributed by atoms with Gasteiger partial charge in [-0.2, -0.15) is 13.2 Å². The summed E-state index contributed by atoms with van der Waals surface area (Å²) in [6, 6.07) is 12.5. The Morgan fingerprint density at radius 3 is 2.37 bits per heavy atom. The van der Waals surface area contributed by atoms with Crippen LogP contribution in [0.2, 0.25) is 5.02 Å². The van der Waals surface area contributed by atoms with Gasteiger partial charge in [0.25, 0.3) is 5.91 Å². The number of hydrogen-bond acceptors (Lipinski definition) is 4. The maximum atomic E-state index is 12.6. The molecular weight excluding hydrogens is 381 g/mol. The average Bonchev–Trinajstić information content (AvgIpc) is 2.62. The number of benzene rings is 2. The maximum Gasteiger partial charge on any atom is 0.416 e. The number of hydrogen-bond donors (Lipinski definition) is 2. The van der Waals surface area contributed by atoms with Crippen molar-refractivity contribution in [3.63, 3.8) is 0 Å². The van der Waals surface area contributed by atoms with Crippen LogP contribution in [0.25, 0.3) is 0 Å². The van der Waals surface area contributed by atoms with Crippen molar-refractivity contribution in [2.75, 3.05) is 10.6 Å². The first-order valence-corrected chi connectivity index (χ1v) is 8.02. The summed E-state index contributed by atoms with van der Waals surface area (Å²) in [6.45, 7) is 0. The first-order chi connectivity index (χ1) is 12.8. The molecule has 9 heteroatoms. The number of alkyl halides is 3. The monoisotopic (exact) mass is 392 g/mol. The van der Waals surface area contributed by atoms with E-state index < -0.39 is 17.6 Å². The van der Waals surface area contributed by atoms with Gasteiger partial charge in [-0.15, -0.1) is 0 Å². The second-order valence-electron chi connectivity index (χ2n) is 5.45. The van der Waals surface area contributed by atoms with Crippen LogP contribution < -0.4 is 10.6 Å².